The molecular weight excluding hydrogens is 306 g/mol. The topological polar surface area (TPSA) is 81.9 Å². The molecule has 2 aromatic rings. The lowest BCUT2D eigenvalue weighted by Crippen LogP contribution is -2.30. The van der Waals surface area contributed by atoms with Crippen molar-refractivity contribution in [3.63, 3.8) is 0 Å². The first-order valence-corrected chi connectivity index (χ1v) is 7.58. The third-order valence-corrected chi connectivity index (χ3v) is 4.59. The van der Waals surface area contributed by atoms with Crippen LogP contribution in [0.15, 0.2) is 24.5 Å². The van der Waals surface area contributed by atoms with Gasteiger partial charge < -0.3 is 10.1 Å². The highest BCUT2D eigenvalue weighted by atomic mass is 35.5. The van der Waals surface area contributed by atoms with Crippen molar-refractivity contribution in [2.45, 2.75) is 31.5 Å². The molecule has 1 N–H and O–H groups in total. The van der Waals surface area contributed by atoms with Crippen molar-refractivity contribution in [2.24, 2.45) is 5.92 Å². The van der Waals surface area contributed by atoms with E-state index in [1.54, 1.807) is 18.2 Å². The average molecular weight is 320 g/mol. The molecule has 1 amide bonds. The van der Waals surface area contributed by atoms with Gasteiger partial charge in [0.15, 0.2) is 0 Å². The lowest BCUT2D eigenvalue weighted by atomic mass is 9.88. The Morgan fingerprint density at radius 3 is 3.00 bits per heavy atom. The van der Waals surface area contributed by atoms with Crippen molar-refractivity contribution in [2.75, 3.05) is 5.32 Å². The minimum absolute atomic E-state index is 0.0389. The van der Waals surface area contributed by atoms with E-state index in [9.17, 15) is 4.79 Å². The van der Waals surface area contributed by atoms with Gasteiger partial charge in [-0.2, -0.15) is 0 Å². The molecule has 2 saturated heterocycles. The van der Waals surface area contributed by atoms with Gasteiger partial charge in [0.2, 0.25) is 5.91 Å². The number of hydrogen-bond acceptors (Lipinski definition) is 5. The quantitative estimate of drug-likeness (QED) is 0.933. The monoisotopic (exact) mass is 319 g/mol. The van der Waals surface area contributed by atoms with Crippen molar-refractivity contribution in [1.82, 2.24) is 20.2 Å². The molecule has 0 spiro atoms. The van der Waals surface area contributed by atoms with Crippen LogP contribution >= 0.6 is 11.6 Å². The first-order chi connectivity index (χ1) is 10.7. The molecule has 2 aliphatic rings. The van der Waals surface area contributed by atoms with Crippen molar-refractivity contribution in [1.29, 1.82) is 0 Å². The molecular formula is C14H14ClN5O2. The summed E-state index contributed by atoms with van der Waals surface area (Å²) in [6.45, 7) is 0. The highest BCUT2D eigenvalue weighted by Crippen LogP contribution is 2.39. The second kappa shape index (κ2) is 5.33. The molecule has 3 heterocycles. The molecule has 0 saturated carbocycles. The summed E-state index contributed by atoms with van der Waals surface area (Å²) in [5.74, 6) is -0.130. The smallest absolute Gasteiger partial charge is 0.230 e. The minimum Gasteiger partial charge on any atom is -0.374 e. The number of hydrogen-bond donors (Lipinski definition) is 1. The van der Waals surface area contributed by atoms with Gasteiger partial charge in [-0.05, 0) is 47.9 Å². The van der Waals surface area contributed by atoms with Crippen LogP contribution in [0.25, 0.3) is 5.69 Å². The van der Waals surface area contributed by atoms with Crippen molar-refractivity contribution in [3.8, 4) is 5.69 Å². The fraction of sp³-hybridized carbons (Fsp3) is 0.429. The number of fused-ring (bicyclic) bond motifs is 2. The second-order valence-electron chi connectivity index (χ2n) is 5.62. The molecule has 2 fully saturated rings. The number of amides is 1. The summed E-state index contributed by atoms with van der Waals surface area (Å²) in [5.41, 5.74) is 1.29. The molecule has 22 heavy (non-hydrogen) atoms. The lowest BCUT2D eigenvalue weighted by molar-refractivity contribution is -0.121. The molecule has 0 aliphatic carbocycles. The Kier molecular flexibility index (Phi) is 3.31. The van der Waals surface area contributed by atoms with E-state index < -0.39 is 0 Å². The van der Waals surface area contributed by atoms with E-state index in [0.717, 1.165) is 24.9 Å². The summed E-state index contributed by atoms with van der Waals surface area (Å²) in [7, 11) is 0. The first-order valence-electron chi connectivity index (χ1n) is 7.20. The summed E-state index contributed by atoms with van der Waals surface area (Å²) < 4.78 is 7.24. The van der Waals surface area contributed by atoms with Gasteiger partial charge in [0.1, 0.15) is 6.33 Å². The molecule has 0 unspecified atom stereocenters. The minimum atomic E-state index is -0.0912. The largest absolute Gasteiger partial charge is 0.374 e. The Hall–Kier alpha value is -1.99. The Morgan fingerprint density at radius 2 is 2.32 bits per heavy atom. The molecule has 1 aromatic heterocycles. The summed E-state index contributed by atoms with van der Waals surface area (Å²) in [4.78, 5) is 12.5. The summed E-state index contributed by atoms with van der Waals surface area (Å²) in [5, 5.41) is 14.4. The zero-order valence-electron chi connectivity index (χ0n) is 11.6. The first kappa shape index (κ1) is 13.7. The Bertz CT molecular complexity index is 705. The van der Waals surface area contributed by atoms with Crippen molar-refractivity contribution >= 4 is 23.2 Å². The van der Waals surface area contributed by atoms with Crippen LogP contribution < -0.4 is 5.32 Å². The number of benzene rings is 1. The molecule has 7 nitrogen and oxygen atoms in total. The number of anilines is 1. The van der Waals surface area contributed by atoms with E-state index in [-0.39, 0.29) is 24.0 Å². The number of nitrogens with one attached hydrogen (secondary N) is 1. The van der Waals surface area contributed by atoms with Gasteiger partial charge in [0.25, 0.3) is 0 Å². The van der Waals surface area contributed by atoms with Crippen molar-refractivity contribution in [3.05, 3.63) is 29.5 Å². The predicted octanol–water partition coefficient (Wildman–Crippen LogP) is 1.82. The van der Waals surface area contributed by atoms with Crippen LogP contribution in [0.3, 0.4) is 0 Å². The molecule has 114 valence electrons. The van der Waals surface area contributed by atoms with Crippen LogP contribution in [0.2, 0.25) is 5.02 Å². The molecule has 3 atom stereocenters. The number of halogens is 1. The lowest BCUT2D eigenvalue weighted by Gasteiger charge is -2.18. The van der Waals surface area contributed by atoms with Gasteiger partial charge in [-0.3, -0.25) is 4.79 Å². The van der Waals surface area contributed by atoms with Crippen LogP contribution in [0.1, 0.15) is 19.3 Å². The predicted molar refractivity (Wildman–Crippen MR) is 78.8 cm³/mol. The normalized spacial score (nSPS) is 26.3. The molecule has 1 aromatic carbocycles. The van der Waals surface area contributed by atoms with Crippen molar-refractivity contribution < 1.29 is 9.53 Å². The van der Waals surface area contributed by atoms with Crippen LogP contribution in [0, 0.1) is 5.92 Å². The number of nitrogens with zero attached hydrogens (tertiary/aromatic N) is 4. The highest BCUT2D eigenvalue weighted by Gasteiger charge is 2.44. The van der Waals surface area contributed by atoms with Gasteiger partial charge in [0.05, 0.1) is 34.5 Å². The van der Waals surface area contributed by atoms with Gasteiger partial charge in [-0.15, -0.1) is 5.10 Å². The Morgan fingerprint density at radius 1 is 1.41 bits per heavy atom. The number of aromatic nitrogens is 4. The Labute approximate surface area is 131 Å². The van der Waals surface area contributed by atoms with E-state index in [1.807, 2.05) is 0 Å². The third kappa shape index (κ3) is 2.36. The van der Waals surface area contributed by atoms with Crippen LogP contribution in [-0.4, -0.2) is 38.3 Å². The van der Waals surface area contributed by atoms with Crippen LogP contribution in [0.5, 0.6) is 0 Å². The number of carbonyl (C=O) groups excluding carboxylic acids is 1. The SMILES string of the molecule is O=C(Nc1cc(-n2cnnn2)ccc1Cl)[C@@H]1C[C@H]2CC[C@@H]1O2. The van der Waals surface area contributed by atoms with Gasteiger partial charge in [-0.25, -0.2) is 4.68 Å². The molecule has 0 radical (unpaired) electrons. The highest BCUT2D eigenvalue weighted by molar-refractivity contribution is 6.33. The summed E-state index contributed by atoms with van der Waals surface area (Å²) >= 11 is 6.18. The van der Waals surface area contributed by atoms with Gasteiger partial charge >= 0.3 is 0 Å². The standard InChI is InChI=1S/C14H14ClN5O2/c15-11-3-1-8(20-7-16-18-19-20)5-12(11)17-14(21)10-6-9-2-4-13(10)22-9/h1,3,5,7,9-10,13H,2,4,6H2,(H,17,21)/t9-,10-,13+/m1/s1. The number of tetrazole rings is 1. The van der Waals surface area contributed by atoms with E-state index >= 15 is 0 Å². The van der Waals surface area contributed by atoms with E-state index in [0.29, 0.717) is 10.7 Å². The fourth-order valence-electron chi connectivity index (χ4n) is 3.17. The molecule has 2 aliphatic heterocycles. The zero-order chi connectivity index (χ0) is 15.1. The third-order valence-electron chi connectivity index (χ3n) is 4.26. The molecule has 4 rings (SSSR count). The van der Waals surface area contributed by atoms with Crippen LogP contribution in [0.4, 0.5) is 5.69 Å². The fourth-order valence-corrected chi connectivity index (χ4v) is 3.34. The maximum absolute atomic E-state index is 12.5. The van der Waals surface area contributed by atoms with Gasteiger partial charge in [-0.1, -0.05) is 11.6 Å². The molecule has 8 heteroatoms. The van der Waals surface area contributed by atoms with E-state index in [2.05, 4.69) is 20.8 Å². The van der Waals surface area contributed by atoms with Crippen LogP contribution in [-0.2, 0) is 9.53 Å². The zero-order valence-corrected chi connectivity index (χ0v) is 12.4. The maximum Gasteiger partial charge on any atom is 0.230 e. The number of carbonyl (C=O) groups is 1. The number of rotatable bonds is 3. The average Bonchev–Trinajstić information content (AvgIpc) is 3.26. The van der Waals surface area contributed by atoms with Gasteiger partial charge in [0, 0.05) is 0 Å². The summed E-state index contributed by atoms with van der Waals surface area (Å²) in [6, 6.07) is 5.26. The Balaban J connectivity index is 1.55. The number of ether oxygens (including phenoxy) is 1. The second-order valence-corrected chi connectivity index (χ2v) is 6.03. The van der Waals surface area contributed by atoms with E-state index in [1.165, 1.54) is 11.0 Å². The molecule has 2 bridgehead atoms. The maximum atomic E-state index is 12.5. The summed E-state index contributed by atoms with van der Waals surface area (Å²) in [6.07, 6.45) is 4.58. The van der Waals surface area contributed by atoms with E-state index in [4.69, 9.17) is 16.3 Å².